The van der Waals surface area contributed by atoms with E-state index >= 15 is 0 Å². The molecular weight excluding hydrogens is 393 g/mol. The van der Waals surface area contributed by atoms with Crippen LogP contribution in [-0.4, -0.2) is 5.91 Å². The Hall–Kier alpha value is -0.840. The van der Waals surface area contributed by atoms with Crippen LogP contribution in [0, 0.1) is 6.92 Å². The first-order valence-corrected chi connectivity index (χ1v) is 7.46. The summed E-state index contributed by atoms with van der Waals surface area (Å²) >= 11 is 12.7. The fourth-order valence-electron chi connectivity index (χ4n) is 1.52. The molecule has 1 N–H and O–H groups in total. The Bertz CT molecular complexity index is 643. The average molecular weight is 404 g/mol. The summed E-state index contributed by atoms with van der Waals surface area (Å²) in [4.78, 5) is 12.1. The van der Waals surface area contributed by atoms with Crippen molar-refractivity contribution in [2.45, 2.75) is 6.92 Å². The highest BCUT2D eigenvalue weighted by Crippen LogP contribution is 2.26. The molecule has 0 unspecified atom stereocenters. The number of hydrogen-bond donors (Lipinski definition) is 1. The molecule has 2 aromatic rings. The number of benzene rings is 2. The van der Waals surface area contributed by atoms with Crippen LogP contribution in [-0.2, 0) is 0 Å². The second-order valence-electron chi connectivity index (χ2n) is 4.04. The number of anilines is 1. The maximum Gasteiger partial charge on any atom is 0.255 e. The summed E-state index contributed by atoms with van der Waals surface area (Å²) in [5.74, 6) is -0.177. The minimum absolute atomic E-state index is 0.177. The lowest BCUT2D eigenvalue weighted by Gasteiger charge is -2.09. The van der Waals surface area contributed by atoms with Crippen LogP contribution in [0.4, 0.5) is 5.69 Å². The van der Waals surface area contributed by atoms with Crippen molar-refractivity contribution in [3.05, 3.63) is 61.5 Å². The van der Waals surface area contributed by atoms with Gasteiger partial charge in [0, 0.05) is 19.5 Å². The molecule has 0 spiro atoms. The number of amides is 1. The van der Waals surface area contributed by atoms with Gasteiger partial charge in [-0.1, -0.05) is 33.6 Å². The van der Waals surface area contributed by atoms with Gasteiger partial charge in [-0.05, 0) is 58.7 Å². The number of aryl methyl sites for hydroxylation is 1. The van der Waals surface area contributed by atoms with Crippen molar-refractivity contribution in [1.29, 1.82) is 0 Å². The molecule has 5 heteroatoms. The largest absolute Gasteiger partial charge is 0.321 e. The van der Waals surface area contributed by atoms with Crippen molar-refractivity contribution in [2.75, 3.05) is 5.32 Å². The van der Waals surface area contributed by atoms with Gasteiger partial charge in [-0.3, -0.25) is 4.79 Å². The second kappa shape index (κ2) is 6.07. The van der Waals surface area contributed by atoms with E-state index in [0.29, 0.717) is 16.3 Å². The molecule has 0 aliphatic heterocycles. The van der Waals surface area contributed by atoms with Crippen molar-refractivity contribution in [2.24, 2.45) is 0 Å². The van der Waals surface area contributed by atoms with Crippen LogP contribution in [0.15, 0.2) is 45.3 Å². The smallest absolute Gasteiger partial charge is 0.255 e. The molecule has 0 aliphatic rings. The Kier molecular flexibility index (Phi) is 4.66. The highest BCUT2D eigenvalue weighted by Gasteiger charge is 2.10. The molecule has 0 aromatic heterocycles. The van der Waals surface area contributed by atoms with Gasteiger partial charge in [0.1, 0.15) is 0 Å². The summed E-state index contributed by atoms with van der Waals surface area (Å²) in [7, 11) is 0. The van der Waals surface area contributed by atoms with Crippen LogP contribution < -0.4 is 5.32 Å². The first-order chi connectivity index (χ1) is 8.97. The molecular formula is C14H10Br2ClNO. The summed E-state index contributed by atoms with van der Waals surface area (Å²) in [5.41, 5.74) is 2.32. The van der Waals surface area contributed by atoms with Crippen LogP contribution in [0.5, 0.6) is 0 Å². The number of carbonyl (C=O) groups excluding carboxylic acids is 1. The van der Waals surface area contributed by atoms with Gasteiger partial charge >= 0.3 is 0 Å². The Morgan fingerprint density at radius 3 is 2.53 bits per heavy atom. The van der Waals surface area contributed by atoms with Crippen molar-refractivity contribution in [3.8, 4) is 0 Å². The van der Waals surface area contributed by atoms with E-state index in [2.05, 4.69) is 37.2 Å². The Balaban J connectivity index is 2.25. The van der Waals surface area contributed by atoms with E-state index in [-0.39, 0.29) is 5.91 Å². The first-order valence-electron chi connectivity index (χ1n) is 5.50. The summed E-state index contributed by atoms with van der Waals surface area (Å²) < 4.78 is 1.70. The maximum atomic E-state index is 12.1. The average Bonchev–Trinajstić information content (AvgIpc) is 2.37. The molecule has 0 fully saturated rings. The lowest BCUT2D eigenvalue weighted by Crippen LogP contribution is -2.12. The molecule has 0 saturated carbocycles. The van der Waals surface area contributed by atoms with Crippen LogP contribution in [0.2, 0.25) is 5.02 Å². The maximum absolute atomic E-state index is 12.1. The number of rotatable bonds is 2. The fraction of sp³-hybridized carbons (Fsp3) is 0.0714. The fourth-order valence-corrected chi connectivity index (χ4v) is 2.42. The normalized spacial score (nSPS) is 10.3. The first kappa shape index (κ1) is 14.6. The van der Waals surface area contributed by atoms with Crippen molar-refractivity contribution in [1.82, 2.24) is 0 Å². The van der Waals surface area contributed by atoms with Crippen LogP contribution in [0.3, 0.4) is 0 Å². The summed E-state index contributed by atoms with van der Waals surface area (Å²) in [5, 5.41) is 3.40. The van der Waals surface area contributed by atoms with E-state index in [9.17, 15) is 4.79 Å². The van der Waals surface area contributed by atoms with Gasteiger partial charge in [0.15, 0.2) is 0 Å². The Morgan fingerprint density at radius 1 is 1.11 bits per heavy atom. The van der Waals surface area contributed by atoms with Gasteiger partial charge in [-0.2, -0.15) is 0 Å². The van der Waals surface area contributed by atoms with E-state index in [1.165, 1.54) is 0 Å². The van der Waals surface area contributed by atoms with Crippen molar-refractivity contribution in [3.63, 3.8) is 0 Å². The predicted molar refractivity (Wildman–Crippen MR) is 86.0 cm³/mol. The van der Waals surface area contributed by atoms with Gasteiger partial charge in [0.25, 0.3) is 5.91 Å². The predicted octanol–water partition coefficient (Wildman–Crippen LogP) is 5.43. The van der Waals surface area contributed by atoms with Crippen molar-refractivity contribution >= 4 is 55.1 Å². The van der Waals surface area contributed by atoms with Crippen molar-refractivity contribution < 1.29 is 4.79 Å². The standard InChI is InChI=1S/C14H10Br2ClNO/c1-8-2-3-9(6-12(8)16)14(19)18-13-7-10(17)4-5-11(13)15/h2-7H,1H3,(H,18,19). The van der Waals surface area contributed by atoms with Crippen LogP contribution in [0.1, 0.15) is 15.9 Å². The summed E-state index contributed by atoms with van der Waals surface area (Å²) in [6, 6.07) is 10.7. The molecule has 0 saturated heterocycles. The SMILES string of the molecule is Cc1ccc(C(=O)Nc2cc(Cl)ccc2Br)cc1Br. The second-order valence-corrected chi connectivity index (χ2v) is 6.19. The minimum Gasteiger partial charge on any atom is -0.321 e. The van der Waals surface area contributed by atoms with E-state index in [4.69, 9.17) is 11.6 Å². The summed E-state index contributed by atoms with van der Waals surface area (Å²) in [6.45, 7) is 1.97. The van der Waals surface area contributed by atoms with Gasteiger partial charge in [-0.25, -0.2) is 0 Å². The van der Waals surface area contributed by atoms with E-state index in [1.54, 1.807) is 30.3 Å². The summed E-state index contributed by atoms with van der Waals surface area (Å²) in [6.07, 6.45) is 0. The zero-order valence-corrected chi connectivity index (χ0v) is 13.9. The van der Waals surface area contributed by atoms with Gasteiger partial charge in [0.05, 0.1) is 5.69 Å². The quantitative estimate of drug-likeness (QED) is 0.712. The molecule has 0 heterocycles. The third kappa shape index (κ3) is 3.59. The molecule has 2 rings (SSSR count). The minimum atomic E-state index is -0.177. The molecule has 0 bridgehead atoms. The van der Waals surface area contributed by atoms with Gasteiger partial charge in [0.2, 0.25) is 0 Å². The number of halogens is 3. The van der Waals surface area contributed by atoms with E-state index < -0.39 is 0 Å². The molecule has 0 aliphatic carbocycles. The monoisotopic (exact) mass is 401 g/mol. The topological polar surface area (TPSA) is 29.1 Å². The molecule has 2 nitrogen and oxygen atoms in total. The lowest BCUT2D eigenvalue weighted by molar-refractivity contribution is 0.102. The number of nitrogens with one attached hydrogen (secondary N) is 1. The zero-order valence-electron chi connectivity index (χ0n) is 10.0. The molecule has 2 aromatic carbocycles. The van der Waals surface area contributed by atoms with E-state index in [0.717, 1.165) is 14.5 Å². The third-order valence-electron chi connectivity index (χ3n) is 2.61. The Labute approximate surface area is 133 Å². The molecule has 0 atom stereocenters. The van der Waals surface area contributed by atoms with Gasteiger partial charge < -0.3 is 5.32 Å². The molecule has 0 radical (unpaired) electrons. The Morgan fingerprint density at radius 2 is 1.84 bits per heavy atom. The lowest BCUT2D eigenvalue weighted by atomic mass is 10.1. The van der Waals surface area contributed by atoms with Crippen LogP contribution >= 0.6 is 43.5 Å². The van der Waals surface area contributed by atoms with Crippen LogP contribution in [0.25, 0.3) is 0 Å². The van der Waals surface area contributed by atoms with E-state index in [1.807, 2.05) is 13.0 Å². The molecule has 98 valence electrons. The number of hydrogen-bond acceptors (Lipinski definition) is 1. The number of carbonyl (C=O) groups is 1. The zero-order chi connectivity index (χ0) is 14.0. The molecule has 19 heavy (non-hydrogen) atoms. The molecule has 1 amide bonds. The highest BCUT2D eigenvalue weighted by atomic mass is 79.9. The highest BCUT2D eigenvalue weighted by molar-refractivity contribution is 9.10. The van der Waals surface area contributed by atoms with Gasteiger partial charge in [-0.15, -0.1) is 0 Å². The third-order valence-corrected chi connectivity index (χ3v) is 4.39.